The van der Waals surface area contributed by atoms with E-state index >= 15 is 0 Å². The Kier molecular flexibility index (Phi) is 13.4. The van der Waals surface area contributed by atoms with Crippen LogP contribution in [0.3, 0.4) is 0 Å². The zero-order chi connectivity index (χ0) is 24.1. The molecule has 0 aromatic carbocycles. The van der Waals surface area contributed by atoms with Crippen LogP contribution in [-0.2, 0) is 32.4 Å². The monoisotopic (exact) mass is 480 g/mol. The van der Waals surface area contributed by atoms with Gasteiger partial charge >= 0.3 is 19.9 Å². The summed E-state index contributed by atoms with van der Waals surface area (Å²) in [5, 5.41) is 3.28. The average molecular weight is 481 g/mol. The van der Waals surface area contributed by atoms with E-state index in [1.54, 1.807) is 0 Å². The molecular weight excluding hydrogens is 439 g/mol. The minimum absolute atomic E-state index is 0.0659. The normalized spacial score (nSPS) is 16.7. The second-order valence-corrected chi connectivity index (χ2v) is 10.9. The fraction of sp³-hybridized carbons (Fsp3) is 0.905. The summed E-state index contributed by atoms with van der Waals surface area (Å²) in [7, 11) is -3.89. The quantitative estimate of drug-likeness (QED) is 0.212. The van der Waals surface area contributed by atoms with Crippen LogP contribution in [0, 0.1) is 17.8 Å². The van der Waals surface area contributed by atoms with Crippen LogP contribution in [0.5, 0.6) is 0 Å². The van der Waals surface area contributed by atoms with Crippen molar-refractivity contribution in [2.24, 2.45) is 17.8 Å². The van der Waals surface area contributed by atoms with E-state index < -0.39 is 26.7 Å². The Morgan fingerprint density at radius 1 is 0.938 bits per heavy atom. The summed E-state index contributed by atoms with van der Waals surface area (Å²) >= 11 is 0. The highest BCUT2D eigenvalue weighted by Gasteiger charge is 2.30. The highest BCUT2D eigenvalue weighted by molar-refractivity contribution is 7.48. The van der Waals surface area contributed by atoms with Gasteiger partial charge in [-0.25, -0.2) is 13.9 Å². The zero-order valence-electron chi connectivity index (χ0n) is 20.3. The van der Waals surface area contributed by atoms with Gasteiger partial charge in [0, 0.05) is 12.6 Å². The third-order valence-electron chi connectivity index (χ3n) is 4.28. The van der Waals surface area contributed by atoms with Gasteiger partial charge < -0.3 is 14.8 Å². The molecule has 0 aromatic heterocycles. The summed E-state index contributed by atoms with van der Waals surface area (Å²) in [5.41, 5.74) is 0. The molecule has 0 radical (unpaired) electrons. The molecule has 11 heteroatoms. The van der Waals surface area contributed by atoms with Gasteiger partial charge in [-0.1, -0.05) is 41.5 Å². The molecule has 0 unspecified atom stereocenters. The number of phosphoric acid groups is 1. The minimum atomic E-state index is -3.89. The Balaban J connectivity index is 2.66. The molecular formula is C21H41N2O8P. The Morgan fingerprint density at radius 3 is 2.03 bits per heavy atom. The molecule has 0 aromatic rings. The SMILES string of the molecule is CC(C)COC(=O)CN(C[C@@H]1CCCN1)C(=O)OCOP(=O)(OCC(C)C)OCC(C)C. The van der Waals surface area contributed by atoms with Crippen molar-refractivity contribution < 1.29 is 37.2 Å². The molecule has 0 spiro atoms. The number of rotatable bonds is 15. The lowest BCUT2D eigenvalue weighted by Gasteiger charge is -2.25. The number of phosphoric ester groups is 1. The fourth-order valence-electron chi connectivity index (χ4n) is 2.67. The number of carbonyl (C=O) groups is 2. The van der Waals surface area contributed by atoms with E-state index in [4.69, 9.17) is 23.0 Å². The van der Waals surface area contributed by atoms with E-state index in [0.717, 1.165) is 19.4 Å². The van der Waals surface area contributed by atoms with Crippen molar-refractivity contribution in [3.8, 4) is 0 Å². The molecule has 1 saturated heterocycles. The van der Waals surface area contributed by atoms with Gasteiger partial charge in [0.05, 0.1) is 19.8 Å². The Hall–Kier alpha value is -1.19. The number of hydrogen-bond acceptors (Lipinski definition) is 9. The molecule has 0 saturated carbocycles. The predicted octanol–water partition coefficient (Wildman–Crippen LogP) is 3.80. The van der Waals surface area contributed by atoms with Gasteiger partial charge in [-0.2, -0.15) is 0 Å². The number of carbonyl (C=O) groups excluding carboxylic acids is 2. The smallest absolute Gasteiger partial charge is 0.464 e. The van der Waals surface area contributed by atoms with E-state index in [1.807, 2.05) is 41.5 Å². The molecule has 1 amide bonds. The zero-order valence-corrected chi connectivity index (χ0v) is 21.2. The molecule has 0 bridgehead atoms. The molecule has 1 aliphatic rings. The van der Waals surface area contributed by atoms with E-state index in [2.05, 4.69) is 5.32 Å². The maximum Gasteiger partial charge on any atom is 0.477 e. The molecule has 1 N–H and O–H groups in total. The van der Waals surface area contributed by atoms with Crippen LogP contribution in [0.2, 0.25) is 0 Å². The first-order chi connectivity index (χ1) is 15.0. The molecule has 10 nitrogen and oxygen atoms in total. The van der Waals surface area contributed by atoms with E-state index in [9.17, 15) is 14.2 Å². The summed E-state index contributed by atoms with van der Waals surface area (Å²) in [6, 6.07) is 0.0659. The van der Waals surface area contributed by atoms with Crippen LogP contribution in [0.15, 0.2) is 0 Å². The number of hydrogen-bond donors (Lipinski definition) is 1. The minimum Gasteiger partial charge on any atom is -0.464 e. The van der Waals surface area contributed by atoms with Crippen LogP contribution < -0.4 is 5.32 Å². The van der Waals surface area contributed by atoms with Crippen LogP contribution in [0.4, 0.5) is 4.79 Å². The van der Waals surface area contributed by atoms with Gasteiger partial charge in [-0.3, -0.25) is 18.7 Å². The molecule has 1 rings (SSSR count). The second kappa shape index (κ2) is 14.9. The van der Waals surface area contributed by atoms with Crippen molar-refractivity contribution in [3.05, 3.63) is 0 Å². The predicted molar refractivity (Wildman–Crippen MR) is 120 cm³/mol. The number of esters is 1. The van der Waals surface area contributed by atoms with Gasteiger partial charge in [-0.15, -0.1) is 0 Å². The van der Waals surface area contributed by atoms with Gasteiger partial charge in [-0.05, 0) is 37.1 Å². The van der Waals surface area contributed by atoms with Crippen LogP contribution in [0.1, 0.15) is 54.4 Å². The molecule has 1 aliphatic heterocycles. The van der Waals surface area contributed by atoms with Crippen LogP contribution >= 0.6 is 7.82 Å². The topological polar surface area (TPSA) is 113 Å². The van der Waals surface area contributed by atoms with Gasteiger partial charge in [0.2, 0.25) is 6.79 Å². The molecule has 0 aliphatic carbocycles. The van der Waals surface area contributed by atoms with Crippen LogP contribution in [0.25, 0.3) is 0 Å². The second-order valence-electron chi connectivity index (χ2n) is 9.23. The number of nitrogens with zero attached hydrogens (tertiary/aromatic N) is 1. The Morgan fingerprint density at radius 2 is 1.53 bits per heavy atom. The summed E-state index contributed by atoms with van der Waals surface area (Å²) in [4.78, 5) is 26.1. The van der Waals surface area contributed by atoms with Crippen molar-refractivity contribution >= 4 is 19.9 Å². The maximum absolute atomic E-state index is 12.8. The number of amides is 1. The molecule has 1 heterocycles. The first-order valence-corrected chi connectivity index (χ1v) is 12.8. The lowest BCUT2D eigenvalue weighted by atomic mass is 10.2. The highest BCUT2D eigenvalue weighted by Crippen LogP contribution is 2.50. The van der Waals surface area contributed by atoms with Crippen molar-refractivity contribution in [3.63, 3.8) is 0 Å². The van der Waals surface area contributed by atoms with Gasteiger partial charge in [0.25, 0.3) is 0 Å². The van der Waals surface area contributed by atoms with Crippen molar-refractivity contribution in [2.75, 3.05) is 46.2 Å². The third kappa shape index (κ3) is 12.7. The number of nitrogens with one attached hydrogen (secondary N) is 1. The van der Waals surface area contributed by atoms with E-state index in [-0.39, 0.29) is 50.2 Å². The average Bonchev–Trinajstić information content (AvgIpc) is 3.22. The molecule has 188 valence electrons. The fourth-order valence-corrected chi connectivity index (χ4v) is 4.04. The highest BCUT2D eigenvalue weighted by atomic mass is 31.2. The van der Waals surface area contributed by atoms with Crippen molar-refractivity contribution in [1.82, 2.24) is 10.2 Å². The van der Waals surface area contributed by atoms with Gasteiger partial charge in [0.1, 0.15) is 6.54 Å². The summed E-state index contributed by atoms with van der Waals surface area (Å²) < 4.78 is 39.0. The van der Waals surface area contributed by atoms with Crippen LogP contribution in [-0.4, -0.2) is 69.3 Å². The Bertz CT molecular complexity index is 593. The summed E-state index contributed by atoms with van der Waals surface area (Å²) in [5.74, 6) is -0.0948. The first kappa shape index (κ1) is 28.8. The lowest BCUT2D eigenvalue weighted by molar-refractivity contribution is -0.146. The van der Waals surface area contributed by atoms with Gasteiger partial charge in [0.15, 0.2) is 0 Å². The molecule has 32 heavy (non-hydrogen) atoms. The summed E-state index contributed by atoms with van der Waals surface area (Å²) in [6.07, 6.45) is 1.13. The largest absolute Gasteiger partial charge is 0.477 e. The number of ether oxygens (including phenoxy) is 2. The standard InChI is InChI=1S/C21H41N2O8P/c1-16(2)12-27-20(24)11-23(10-19-8-7-9-22-19)21(25)28-15-31-32(26,29-13-17(3)4)30-14-18(5)6/h16-19,22H,7-15H2,1-6H3/t19-/m0/s1. The Labute approximate surface area is 192 Å². The van der Waals surface area contributed by atoms with Crippen molar-refractivity contribution in [2.45, 2.75) is 60.4 Å². The molecule has 1 fully saturated rings. The van der Waals surface area contributed by atoms with E-state index in [0.29, 0.717) is 6.54 Å². The first-order valence-electron chi connectivity index (χ1n) is 11.3. The lowest BCUT2D eigenvalue weighted by Crippen LogP contribution is -2.44. The maximum atomic E-state index is 12.8. The summed E-state index contributed by atoms with van der Waals surface area (Å²) in [6.45, 7) is 12.4. The molecule has 1 atom stereocenters. The van der Waals surface area contributed by atoms with Crippen molar-refractivity contribution in [1.29, 1.82) is 0 Å². The third-order valence-corrected chi connectivity index (χ3v) is 5.64. The van der Waals surface area contributed by atoms with E-state index in [1.165, 1.54) is 4.90 Å².